The predicted octanol–water partition coefficient (Wildman–Crippen LogP) is 2.00. The van der Waals surface area contributed by atoms with Crippen LogP contribution in [0.4, 0.5) is 13.2 Å². The van der Waals surface area contributed by atoms with E-state index in [0.29, 0.717) is 5.69 Å². The van der Waals surface area contributed by atoms with Gasteiger partial charge in [0.15, 0.2) is 0 Å². The van der Waals surface area contributed by atoms with Gasteiger partial charge in [0.1, 0.15) is 0 Å². The largest absolute Gasteiger partial charge is 0.416 e. The maximum absolute atomic E-state index is 12.7. The molecule has 0 aliphatic rings. The molecule has 0 radical (unpaired) electrons. The van der Waals surface area contributed by atoms with Gasteiger partial charge in [0.05, 0.1) is 35.2 Å². The SMILES string of the molecule is NC(c1cnsn1)c1cnccc1C(F)(F)F. The maximum Gasteiger partial charge on any atom is 0.416 e. The highest BCUT2D eigenvalue weighted by Gasteiger charge is 2.35. The number of nitrogens with two attached hydrogens (primary N) is 1. The van der Waals surface area contributed by atoms with Crippen LogP contribution in [0.15, 0.2) is 24.7 Å². The monoisotopic (exact) mass is 260 g/mol. The van der Waals surface area contributed by atoms with Crippen LogP contribution in [-0.2, 0) is 6.18 Å². The Hall–Kier alpha value is -1.54. The summed E-state index contributed by atoms with van der Waals surface area (Å²) < 4.78 is 45.7. The minimum absolute atomic E-state index is 0.104. The molecule has 1 unspecified atom stereocenters. The van der Waals surface area contributed by atoms with Crippen molar-refractivity contribution in [2.24, 2.45) is 5.73 Å². The molecule has 4 nitrogen and oxygen atoms in total. The molecule has 0 aliphatic carbocycles. The Morgan fingerprint density at radius 3 is 2.65 bits per heavy atom. The topological polar surface area (TPSA) is 64.7 Å². The summed E-state index contributed by atoms with van der Waals surface area (Å²) in [5.41, 5.74) is 5.12. The number of pyridine rings is 1. The molecule has 17 heavy (non-hydrogen) atoms. The van der Waals surface area contributed by atoms with Crippen molar-refractivity contribution in [3.63, 3.8) is 0 Å². The van der Waals surface area contributed by atoms with Crippen molar-refractivity contribution in [2.45, 2.75) is 12.2 Å². The van der Waals surface area contributed by atoms with E-state index in [-0.39, 0.29) is 5.56 Å². The van der Waals surface area contributed by atoms with Crippen LogP contribution in [-0.4, -0.2) is 13.7 Å². The Balaban J connectivity index is 2.46. The Labute approximate surface area is 98.6 Å². The first kappa shape index (κ1) is 11.9. The highest BCUT2D eigenvalue weighted by Crippen LogP contribution is 2.34. The molecule has 8 heteroatoms. The van der Waals surface area contributed by atoms with Crippen molar-refractivity contribution in [1.82, 2.24) is 13.7 Å². The highest BCUT2D eigenvalue weighted by molar-refractivity contribution is 6.99. The molecule has 2 aromatic heterocycles. The zero-order valence-corrected chi connectivity index (χ0v) is 9.16. The zero-order valence-electron chi connectivity index (χ0n) is 8.35. The molecule has 0 amide bonds. The smallest absolute Gasteiger partial charge is 0.319 e. The lowest BCUT2D eigenvalue weighted by Gasteiger charge is -2.15. The van der Waals surface area contributed by atoms with Gasteiger partial charge < -0.3 is 5.73 Å². The summed E-state index contributed by atoms with van der Waals surface area (Å²) in [6.07, 6.45) is -0.924. The lowest BCUT2D eigenvalue weighted by molar-refractivity contribution is -0.138. The molecule has 2 heterocycles. The molecule has 0 fully saturated rings. The van der Waals surface area contributed by atoms with Gasteiger partial charge in [0.2, 0.25) is 0 Å². The molecular formula is C9H7F3N4S. The Morgan fingerprint density at radius 2 is 2.06 bits per heavy atom. The Kier molecular flexibility index (Phi) is 3.07. The number of alkyl halides is 3. The van der Waals surface area contributed by atoms with Gasteiger partial charge in [-0.1, -0.05) is 0 Å². The third kappa shape index (κ3) is 2.42. The van der Waals surface area contributed by atoms with E-state index in [4.69, 9.17) is 5.73 Å². The third-order valence-electron chi connectivity index (χ3n) is 2.19. The van der Waals surface area contributed by atoms with Gasteiger partial charge in [-0.3, -0.25) is 4.98 Å². The van der Waals surface area contributed by atoms with Gasteiger partial charge >= 0.3 is 6.18 Å². The van der Waals surface area contributed by atoms with Crippen LogP contribution < -0.4 is 5.73 Å². The molecule has 2 rings (SSSR count). The summed E-state index contributed by atoms with van der Waals surface area (Å²) >= 11 is 0.894. The third-order valence-corrected chi connectivity index (χ3v) is 2.68. The van der Waals surface area contributed by atoms with Crippen LogP contribution in [0.5, 0.6) is 0 Å². The molecule has 2 aromatic rings. The summed E-state index contributed by atoms with van der Waals surface area (Å²) in [5.74, 6) is 0. The average Bonchev–Trinajstić information content (AvgIpc) is 2.80. The van der Waals surface area contributed by atoms with E-state index in [2.05, 4.69) is 13.7 Å². The van der Waals surface area contributed by atoms with E-state index in [1.54, 1.807) is 0 Å². The van der Waals surface area contributed by atoms with Crippen LogP contribution >= 0.6 is 11.7 Å². The number of halogens is 3. The summed E-state index contributed by atoms with van der Waals surface area (Å²) in [6, 6.07) is -0.0753. The first-order valence-electron chi connectivity index (χ1n) is 4.54. The summed E-state index contributed by atoms with van der Waals surface area (Å²) in [6.45, 7) is 0. The summed E-state index contributed by atoms with van der Waals surface area (Å²) in [7, 11) is 0. The van der Waals surface area contributed by atoms with Crippen molar-refractivity contribution < 1.29 is 13.2 Å². The Bertz CT molecular complexity index is 497. The second-order valence-electron chi connectivity index (χ2n) is 3.27. The summed E-state index contributed by atoms with van der Waals surface area (Å²) in [4.78, 5) is 3.67. The van der Waals surface area contributed by atoms with E-state index >= 15 is 0 Å². The van der Waals surface area contributed by atoms with E-state index in [0.717, 1.165) is 30.2 Å². The number of hydrogen-bond acceptors (Lipinski definition) is 5. The molecule has 1 atom stereocenters. The fraction of sp³-hybridized carbons (Fsp3) is 0.222. The van der Waals surface area contributed by atoms with Crippen LogP contribution in [0.3, 0.4) is 0 Å². The number of hydrogen-bond donors (Lipinski definition) is 1. The maximum atomic E-state index is 12.7. The van der Waals surface area contributed by atoms with Gasteiger partial charge in [0.25, 0.3) is 0 Å². The molecule has 0 bridgehead atoms. The second-order valence-corrected chi connectivity index (χ2v) is 3.83. The standard InChI is InChI=1S/C9H7F3N4S/c10-9(11,12)6-1-2-14-3-5(6)8(13)7-4-15-17-16-7/h1-4,8H,13H2. The molecule has 0 saturated heterocycles. The molecule has 0 aliphatic heterocycles. The van der Waals surface area contributed by atoms with Crippen molar-refractivity contribution in [3.8, 4) is 0 Å². The quantitative estimate of drug-likeness (QED) is 0.897. The van der Waals surface area contributed by atoms with Crippen molar-refractivity contribution in [3.05, 3.63) is 41.5 Å². The molecule has 0 saturated carbocycles. The van der Waals surface area contributed by atoms with Crippen molar-refractivity contribution in [2.75, 3.05) is 0 Å². The minimum Gasteiger partial charge on any atom is -0.319 e. The van der Waals surface area contributed by atoms with E-state index in [9.17, 15) is 13.2 Å². The van der Waals surface area contributed by atoms with Gasteiger partial charge in [-0.25, -0.2) is 0 Å². The molecule has 0 aromatic carbocycles. The van der Waals surface area contributed by atoms with Gasteiger partial charge in [-0.2, -0.15) is 21.9 Å². The van der Waals surface area contributed by atoms with Gasteiger partial charge in [-0.15, -0.1) is 0 Å². The van der Waals surface area contributed by atoms with E-state index in [1.807, 2.05) is 0 Å². The van der Waals surface area contributed by atoms with Crippen LogP contribution in [0.2, 0.25) is 0 Å². The van der Waals surface area contributed by atoms with Crippen molar-refractivity contribution >= 4 is 11.7 Å². The van der Waals surface area contributed by atoms with E-state index < -0.39 is 17.8 Å². The molecular weight excluding hydrogens is 253 g/mol. The lowest BCUT2D eigenvalue weighted by atomic mass is 10.0. The zero-order chi connectivity index (χ0) is 12.5. The normalized spacial score (nSPS) is 13.6. The van der Waals surface area contributed by atoms with Crippen molar-refractivity contribution in [1.29, 1.82) is 0 Å². The predicted molar refractivity (Wildman–Crippen MR) is 55.2 cm³/mol. The average molecular weight is 260 g/mol. The fourth-order valence-corrected chi connectivity index (χ4v) is 1.84. The second kappa shape index (κ2) is 4.38. The lowest BCUT2D eigenvalue weighted by Crippen LogP contribution is -2.19. The number of rotatable bonds is 2. The molecule has 2 N–H and O–H groups in total. The first-order chi connectivity index (χ1) is 8.00. The minimum atomic E-state index is -4.46. The number of nitrogens with zero attached hydrogens (tertiary/aromatic N) is 3. The molecule has 0 spiro atoms. The van der Waals surface area contributed by atoms with Crippen LogP contribution in [0.1, 0.15) is 22.9 Å². The summed E-state index contributed by atoms with van der Waals surface area (Å²) in [5, 5.41) is 0. The highest BCUT2D eigenvalue weighted by atomic mass is 32.1. The van der Waals surface area contributed by atoms with Crippen LogP contribution in [0, 0.1) is 0 Å². The van der Waals surface area contributed by atoms with Gasteiger partial charge in [-0.05, 0) is 6.07 Å². The number of aromatic nitrogens is 3. The van der Waals surface area contributed by atoms with Gasteiger partial charge in [0, 0.05) is 18.0 Å². The Morgan fingerprint density at radius 1 is 1.29 bits per heavy atom. The van der Waals surface area contributed by atoms with Crippen LogP contribution in [0.25, 0.3) is 0 Å². The van der Waals surface area contributed by atoms with E-state index in [1.165, 1.54) is 6.20 Å². The molecule has 90 valence electrons. The first-order valence-corrected chi connectivity index (χ1v) is 5.27. The fourth-order valence-electron chi connectivity index (χ4n) is 1.38.